The summed E-state index contributed by atoms with van der Waals surface area (Å²) < 4.78 is 5.27. The average molecular weight is 408 g/mol. The van der Waals surface area contributed by atoms with E-state index in [1.807, 2.05) is 43.3 Å². The Labute approximate surface area is 175 Å². The molecule has 1 aliphatic rings. The van der Waals surface area contributed by atoms with Gasteiger partial charge in [0, 0.05) is 36.3 Å². The van der Waals surface area contributed by atoms with Crippen LogP contribution in [0.4, 0.5) is 5.69 Å². The molecular formula is C23H25N3O2S. The Balaban J connectivity index is 1.32. The molecule has 1 aliphatic heterocycles. The second kappa shape index (κ2) is 9.18. The van der Waals surface area contributed by atoms with Crippen LogP contribution < -0.4 is 10.2 Å². The van der Waals surface area contributed by atoms with Gasteiger partial charge >= 0.3 is 0 Å². The summed E-state index contributed by atoms with van der Waals surface area (Å²) in [6.07, 6.45) is 1.09. The molecule has 1 amide bonds. The summed E-state index contributed by atoms with van der Waals surface area (Å²) in [7, 11) is 0. The Hall–Kier alpha value is -2.73. The van der Waals surface area contributed by atoms with Crippen molar-refractivity contribution in [1.82, 2.24) is 10.5 Å². The number of hydrogen-bond acceptors (Lipinski definition) is 5. The Bertz CT molecular complexity index is 958. The van der Waals surface area contributed by atoms with Gasteiger partial charge in [-0.15, -0.1) is 11.8 Å². The van der Waals surface area contributed by atoms with Crippen molar-refractivity contribution in [3.05, 3.63) is 77.7 Å². The fourth-order valence-electron chi connectivity index (χ4n) is 3.62. The predicted octanol–water partition coefficient (Wildman–Crippen LogP) is 4.53. The SMILES string of the molecule is Cc1cc(CSc2ccccc2C(=O)NCC2CCN(c3ccccc3)C2)on1. The molecule has 6 heteroatoms. The second-order valence-corrected chi connectivity index (χ2v) is 8.38. The van der Waals surface area contributed by atoms with Gasteiger partial charge in [-0.2, -0.15) is 0 Å². The highest BCUT2D eigenvalue weighted by Gasteiger charge is 2.23. The van der Waals surface area contributed by atoms with Crippen molar-refractivity contribution in [2.45, 2.75) is 24.0 Å². The van der Waals surface area contributed by atoms with Crippen LogP contribution in [-0.2, 0) is 5.75 Å². The molecule has 5 nitrogen and oxygen atoms in total. The number of thioether (sulfide) groups is 1. The number of anilines is 1. The number of hydrogen-bond donors (Lipinski definition) is 1. The first-order valence-electron chi connectivity index (χ1n) is 9.91. The smallest absolute Gasteiger partial charge is 0.252 e. The number of benzene rings is 2. The highest BCUT2D eigenvalue weighted by molar-refractivity contribution is 7.98. The van der Waals surface area contributed by atoms with Crippen molar-refractivity contribution >= 4 is 23.4 Å². The highest BCUT2D eigenvalue weighted by Crippen LogP contribution is 2.27. The van der Waals surface area contributed by atoms with E-state index in [1.165, 1.54) is 5.69 Å². The van der Waals surface area contributed by atoms with Crippen molar-refractivity contribution in [2.24, 2.45) is 5.92 Å². The quantitative estimate of drug-likeness (QED) is 0.583. The summed E-state index contributed by atoms with van der Waals surface area (Å²) in [5.41, 5.74) is 2.84. The molecule has 1 N–H and O–H groups in total. The maximum atomic E-state index is 12.8. The molecule has 1 atom stereocenters. The van der Waals surface area contributed by atoms with Gasteiger partial charge in [0.2, 0.25) is 0 Å². The van der Waals surface area contributed by atoms with Crippen LogP contribution in [0.2, 0.25) is 0 Å². The number of carbonyl (C=O) groups excluding carboxylic acids is 1. The van der Waals surface area contributed by atoms with Crippen LogP contribution >= 0.6 is 11.8 Å². The minimum Gasteiger partial charge on any atom is -0.371 e. The number of nitrogens with one attached hydrogen (secondary N) is 1. The molecule has 1 aromatic heterocycles. The Kier molecular flexibility index (Phi) is 6.20. The molecule has 0 bridgehead atoms. The van der Waals surface area contributed by atoms with Crippen molar-refractivity contribution in [1.29, 1.82) is 0 Å². The number of aryl methyl sites for hydroxylation is 1. The van der Waals surface area contributed by atoms with E-state index >= 15 is 0 Å². The van der Waals surface area contributed by atoms with E-state index in [2.05, 4.69) is 39.6 Å². The lowest BCUT2D eigenvalue weighted by Gasteiger charge is -2.19. The first-order chi connectivity index (χ1) is 14.2. The molecular weight excluding hydrogens is 382 g/mol. The third kappa shape index (κ3) is 5.01. The fraction of sp³-hybridized carbons (Fsp3) is 0.304. The van der Waals surface area contributed by atoms with Crippen LogP contribution in [0.1, 0.15) is 28.2 Å². The van der Waals surface area contributed by atoms with Crippen molar-refractivity contribution in [3.63, 3.8) is 0 Å². The fourth-order valence-corrected chi connectivity index (χ4v) is 4.54. The van der Waals surface area contributed by atoms with Gasteiger partial charge in [0.25, 0.3) is 5.91 Å². The second-order valence-electron chi connectivity index (χ2n) is 7.37. The summed E-state index contributed by atoms with van der Waals surface area (Å²) in [4.78, 5) is 16.2. The summed E-state index contributed by atoms with van der Waals surface area (Å²) >= 11 is 1.59. The zero-order chi connectivity index (χ0) is 20.1. The van der Waals surface area contributed by atoms with Crippen LogP contribution in [0.3, 0.4) is 0 Å². The zero-order valence-corrected chi connectivity index (χ0v) is 17.3. The Morgan fingerprint density at radius 3 is 2.79 bits per heavy atom. The monoisotopic (exact) mass is 407 g/mol. The summed E-state index contributed by atoms with van der Waals surface area (Å²) in [6.45, 7) is 4.61. The van der Waals surface area contributed by atoms with Crippen LogP contribution in [0, 0.1) is 12.8 Å². The molecule has 2 aromatic carbocycles. The van der Waals surface area contributed by atoms with E-state index in [4.69, 9.17) is 4.52 Å². The van der Waals surface area contributed by atoms with Gasteiger partial charge in [-0.1, -0.05) is 35.5 Å². The predicted molar refractivity (Wildman–Crippen MR) is 116 cm³/mol. The molecule has 3 aromatic rings. The van der Waals surface area contributed by atoms with E-state index in [-0.39, 0.29) is 5.91 Å². The van der Waals surface area contributed by atoms with E-state index in [1.54, 1.807) is 11.8 Å². The van der Waals surface area contributed by atoms with Crippen LogP contribution in [0.15, 0.2) is 70.1 Å². The molecule has 1 unspecified atom stereocenters. The van der Waals surface area contributed by atoms with Gasteiger partial charge in [-0.25, -0.2) is 0 Å². The lowest BCUT2D eigenvalue weighted by atomic mass is 10.1. The minimum atomic E-state index is -0.0139. The molecule has 29 heavy (non-hydrogen) atoms. The standard InChI is InChI=1S/C23H25N3O2S/c1-17-13-20(28-25-17)16-29-22-10-6-5-9-21(22)23(27)24-14-18-11-12-26(15-18)19-7-3-2-4-8-19/h2-10,13,18H,11-12,14-16H2,1H3,(H,24,27). The van der Waals surface area contributed by atoms with E-state index in [0.29, 0.717) is 23.8 Å². The van der Waals surface area contributed by atoms with Crippen molar-refractivity contribution in [3.8, 4) is 0 Å². The largest absolute Gasteiger partial charge is 0.371 e. The summed E-state index contributed by atoms with van der Waals surface area (Å²) in [6, 6.07) is 20.1. The number of para-hydroxylation sites is 1. The number of rotatable bonds is 7. The minimum absolute atomic E-state index is 0.0139. The molecule has 4 rings (SSSR count). The number of nitrogens with zero attached hydrogens (tertiary/aromatic N) is 2. The van der Waals surface area contributed by atoms with E-state index in [0.717, 1.165) is 35.9 Å². The molecule has 1 saturated heterocycles. The molecule has 0 radical (unpaired) electrons. The average Bonchev–Trinajstić information content (AvgIpc) is 3.40. The molecule has 0 saturated carbocycles. The first-order valence-corrected chi connectivity index (χ1v) is 10.9. The normalized spacial score (nSPS) is 16.2. The summed E-state index contributed by atoms with van der Waals surface area (Å²) in [5, 5.41) is 7.06. The van der Waals surface area contributed by atoms with Crippen molar-refractivity contribution in [2.75, 3.05) is 24.5 Å². The molecule has 2 heterocycles. The molecule has 1 fully saturated rings. The third-order valence-electron chi connectivity index (χ3n) is 5.14. The maximum absolute atomic E-state index is 12.8. The van der Waals surface area contributed by atoms with Crippen LogP contribution in [-0.4, -0.2) is 30.7 Å². The lowest BCUT2D eigenvalue weighted by Crippen LogP contribution is -2.31. The zero-order valence-electron chi connectivity index (χ0n) is 16.5. The van der Waals surface area contributed by atoms with Gasteiger partial charge in [0.1, 0.15) is 5.76 Å². The highest BCUT2D eigenvalue weighted by atomic mass is 32.2. The van der Waals surface area contributed by atoms with Gasteiger partial charge in [-0.05, 0) is 43.5 Å². The third-order valence-corrected chi connectivity index (χ3v) is 6.23. The van der Waals surface area contributed by atoms with E-state index < -0.39 is 0 Å². The first kappa shape index (κ1) is 19.6. The molecule has 150 valence electrons. The molecule has 0 aliphatic carbocycles. The summed E-state index contributed by atoms with van der Waals surface area (Å²) in [5.74, 6) is 1.92. The van der Waals surface area contributed by atoms with Gasteiger partial charge in [0.15, 0.2) is 0 Å². The number of carbonyl (C=O) groups is 1. The van der Waals surface area contributed by atoms with E-state index in [9.17, 15) is 4.79 Å². The van der Waals surface area contributed by atoms with Crippen LogP contribution in [0.25, 0.3) is 0 Å². The topological polar surface area (TPSA) is 58.4 Å². The van der Waals surface area contributed by atoms with Gasteiger partial charge in [-0.3, -0.25) is 4.79 Å². The number of amides is 1. The van der Waals surface area contributed by atoms with Crippen LogP contribution in [0.5, 0.6) is 0 Å². The van der Waals surface area contributed by atoms with Gasteiger partial charge < -0.3 is 14.7 Å². The Morgan fingerprint density at radius 1 is 1.21 bits per heavy atom. The Morgan fingerprint density at radius 2 is 2.00 bits per heavy atom. The van der Waals surface area contributed by atoms with Gasteiger partial charge in [0.05, 0.1) is 17.0 Å². The molecule has 0 spiro atoms. The lowest BCUT2D eigenvalue weighted by molar-refractivity contribution is 0.0945. The maximum Gasteiger partial charge on any atom is 0.252 e. The number of aromatic nitrogens is 1. The van der Waals surface area contributed by atoms with Crippen molar-refractivity contribution < 1.29 is 9.32 Å².